The number of benzene rings is 1. The van der Waals surface area contributed by atoms with Crippen LogP contribution in [0, 0.1) is 6.92 Å². The highest BCUT2D eigenvalue weighted by molar-refractivity contribution is 8.16. The van der Waals surface area contributed by atoms with E-state index in [0.717, 1.165) is 18.1 Å². The first-order chi connectivity index (χ1) is 9.63. The number of aliphatic imine (C=N–C) groups is 1. The number of amidine groups is 1. The molecular formula is C14H15F3N2OS. The van der Waals surface area contributed by atoms with Gasteiger partial charge >= 0.3 is 6.18 Å². The molecule has 0 radical (unpaired) electrons. The Kier molecular flexibility index (Phi) is 4.06. The number of carbonyl (C=O) groups is 1. The van der Waals surface area contributed by atoms with Crippen LogP contribution in [0.1, 0.15) is 31.0 Å². The van der Waals surface area contributed by atoms with E-state index in [0.29, 0.717) is 11.8 Å². The number of carbonyl (C=O) groups excluding carboxylic acids is 1. The van der Waals surface area contributed by atoms with E-state index < -0.39 is 16.8 Å². The molecule has 7 heteroatoms. The summed E-state index contributed by atoms with van der Waals surface area (Å²) in [5.41, 5.74) is 2.01. The van der Waals surface area contributed by atoms with E-state index >= 15 is 0 Å². The maximum absolute atomic E-state index is 12.9. The summed E-state index contributed by atoms with van der Waals surface area (Å²) in [5, 5.41) is 2.87. The van der Waals surface area contributed by atoms with Crippen LogP contribution in [0.25, 0.3) is 0 Å². The Morgan fingerprint density at radius 3 is 2.33 bits per heavy atom. The summed E-state index contributed by atoms with van der Waals surface area (Å²) in [5.74, 6) is -1.17. The van der Waals surface area contributed by atoms with Gasteiger partial charge in [-0.15, -0.1) is 0 Å². The molecule has 0 bridgehead atoms. The molecule has 3 nitrogen and oxygen atoms in total. The largest absolute Gasteiger partial charge is 0.412 e. The number of hydrogen-bond donors (Lipinski definition) is 1. The zero-order valence-corrected chi connectivity index (χ0v) is 12.6. The van der Waals surface area contributed by atoms with Gasteiger partial charge in [0.05, 0.1) is 6.04 Å². The summed E-state index contributed by atoms with van der Waals surface area (Å²) in [6.45, 7) is 4.61. The van der Waals surface area contributed by atoms with Crippen molar-refractivity contribution in [1.29, 1.82) is 0 Å². The van der Waals surface area contributed by atoms with Crippen molar-refractivity contribution < 1.29 is 18.0 Å². The third-order valence-electron chi connectivity index (χ3n) is 3.37. The van der Waals surface area contributed by atoms with Crippen LogP contribution in [0.2, 0.25) is 0 Å². The number of hydrogen-bond acceptors (Lipinski definition) is 3. The van der Waals surface area contributed by atoms with Gasteiger partial charge in [0.2, 0.25) is 0 Å². The van der Waals surface area contributed by atoms with Crippen molar-refractivity contribution in [3.63, 3.8) is 0 Å². The van der Waals surface area contributed by atoms with Crippen molar-refractivity contribution in [1.82, 2.24) is 5.32 Å². The van der Waals surface area contributed by atoms with Gasteiger partial charge in [-0.25, -0.2) is 0 Å². The van der Waals surface area contributed by atoms with Gasteiger partial charge in [0.25, 0.3) is 5.91 Å². The van der Waals surface area contributed by atoms with Gasteiger partial charge in [-0.1, -0.05) is 41.6 Å². The summed E-state index contributed by atoms with van der Waals surface area (Å²) < 4.78 is 36.3. The second kappa shape index (κ2) is 5.36. The van der Waals surface area contributed by atoms with Crippen LogP contribution in [0.3, 0.4) is 0 Å². The van der Waals surface area contributed by atoms with Gasteiger partial charge in [-0.3, -0.25) is 4.79 Å². The Labute approximate surface area is 125 Å². The van der Waals surface area contributed by atoms with Crippen LogP contribution in [0.4, 0.5) is 13.2 Å². The monoisotopic (exact) mass is 316 g/mol. The summed E-state index contributed by atoms with van der Waals surface area (Å²) in [6, 6.07) is 7.38. The molecule has 114 valence electrons. The van der Waals surface area contributed by atoms with Crippen LogP contribution in [-0.2, 0) is 4.79 Å². The smallest absolute Gasteiger partial charge is 0.358 e. The van der Waals surface area contributed by atoms with Crippen LogP contribution < -0.4 is 5.32 Å². The van der Waals surface area contributed by atoms with Gasteiger partial charge in [0, 0.05) is 0 Å². The molecule has 1 aliphatic heterocycles. The number of rotatable bonds is 2. The first kappa shape index (κ1) is 15.9. The van der Waals surface area contributed by atoms with Crippen molar-refractivity contribution in [3.05, 3.63) is 35.4 Å². The molecule has 0 fully saturated rings. The fourth-order valence-electron chi connectivity index (χ4n) is 1.82. The van der Waals surface area contributed by atoms with E-state index in [4.69, 9.17) is 0 Å². The van der Waals surface area contributed by atoms with Crippen molar-refractivity contribution >= 4 is 22.8 Å². The molecule has 0 saturated carbocycles. The number of alkyl halides is 3. The number of thioether (sulfide) groups is 1. The lowest BCUT2D eigenvalue weighted by Crippen LogP contribution is -2.44. The van der Waals surface area contributed by atoms with Crippen molar-refractivity contribution in [2.45, 2.75) is 37.7 Å². The lowest BCUT2D eigenvalue weighted by molar-refractivity contribution is -0.165. The second-order valence-corrected chi connectivity index (χ2v) is 6.54. The van der Waals surface area contributed by atoms with Crippen LogP contribution >= 0.6 is 11.8 Å². The number of amides is 1. The molecule has 1 N–H and O–H groups in total. The first-order valence-electron chi connectivity index (χ1n) is 6.35. The third kappa shape index (κ3) is 3.07. The lowest BCUT2D eigenvalue weighted by atomic mass is 10.1. The lowest BCUT2D eigenvalue weighted by Gasteiger charge is -2.23. The molecule has 1 unspecified atom stereocenters. The SMILES string of the molecule is Cc1ccc([C@H](C)NC2=NC(=O)C(C)(C(F)(F)F)S2)cc1. The van der Waals surface area contributed by atoms with Crippen LogP contribution in [-0.4, -0.2) is 22.0 Å². The highest BCUT2D eigenvalue weighted by Gasteiger charge is 2.61. The van der Waals surface area contributed by atoms with Crippen LogP contribution in [0.15, 0.2) is 29.3 Å². The molecule has 1 aromatic carbocycles. The molecule has 0 spiro atoms. The quantitative estimate of drug-likeness (QED) is 0.906. The number of aryl methyl sites for hydroxylation is 1. The Morgan fingerprint density at radius 1 is 1.29 bits per heavy atom. The van der Waals surface area contributed by atoms with Crippen LogP contribution in [0.5, 0.6) is 0 Å². The molecular weight excluding hydrogens is 301 g/mol. The average molecular weight is 316 g/mol. The van der Waals surface area contributed by atoms with E-state index in [-0.39, 0.29) is 11.2 Å². The summed E-state index contributed by atoms with van der Waals surface area (Å²) in [7, 11) is 0. The zero-order chi connectivity index (χ0) is 15.8. The molecule has 1 aliphatic rings. The predicted octanol–water partition coefficient (Wildman–Crippen LogP) is 3.60. The van der Waals surface area contributed by atoms with E-state index in [1.54, 1.807) is 0 Å². The van der Waals surface area contributed by atoms with Gasteiger partial charge in [0.1, 0.15) is 0 Å². The average Bonchev–Trinajstić information content (AvgIpc) is 2.66. The molecule has 0 aromatic heterocycles. The van der Waals surface area contributed by atoms with Gasteiger partial charge < -0.3 is 5.32 Å². The number of halogens is 3. The molecule has 1 aromatic rings. The predicted molar refractivity (Wildman–Crippen MR) is 77.2 cm³/mol. The maximum Gasteiger partial charge on any atom is 0.412 e. The fraction of sp³-hybridized carbons (Fsp3) is 0.429. The van der Waals surface area contributed by atoms with Gasteiger partial charge in [0.15, 0.2) is 9.91 Å². The maximum atomic E-state index is 12.9. The Hall–Kier alpha value is -1.50. The molecule has 1 heterocycles. The molecule has 0 aliphatic carbocycles. The van der Waals surface area contributed by atoms with E-state index in [2.05, 4.69) is 10.3 Å². The summed E-state index contributed by atoms with van der Waals surface area (Å²) >= 11 is 0.419. The minimum Gasteiger partial charge on any atom is -0.358 e. The van der Waals surface area contributed by atoms with Crippen molar-refractivity contribution in [2.75, 3.05) is 0 Å². The van der Waals surface area contributed by atoms with Crippen molar-refractivity contribution in [3.8, 4) is 0 Å². The highest BCUT2D eigenvalue weighted by atomic mass is 32.2. The van der Waals surface area contributed by atoms with E-state index in [1.165, 1.54) is 0 Å². The Bertz CT molecular complexity index is 583. The first-order valence-corrected chi connectivity index (χ1v) is 7.17. The molecule has 21 heavy (non-hydrogen) atoms. The van der Waals surface area contributed by atoms with E-state index in [9.17, 15) is 18.0 Å². The molecule has 0 saturated heterocycles. The van der Waals surface area contributed by atoms with Gasteiger partial charge in [-0.2, -0.15) is 18.2 Å². The Balaban J connectivity index is 2.10. The van der Waals surface area contributed by atoms with Crippen molar-refractivity contribution in [2.24, 2.45) is 4.99 Å². The molecule has 2 rings (SSSR count). The summed E-state index contributed by atoms with van der Waals surface area (Å²) in [4.78, 5) is 15.0. The normalized spacial score (nSPS) is 23.9. The standard InChI is InChI=1S/C14H15F3N2OS/c1-8-4-6-10(7-5-8)9(2)18-12-19-11(20)13(3,21-12)14(15,16)17/h4-7,9H,1-3H3,(H,18,19,20)/t9-,13?/m0/s1. The zero-order valence-electron chi connectivity index (χ0n) is 11.8. The second-order valence-electron chi connectivity index (χ2n) is 5.13. The Morgan fingerprint density at radius 2 is 1.86 bits per heavy atom. The topological polar surface area (TPSA) is 41.5 Å². The molecule has 1 amide bonds. The van der Waals surface area contributed by atoms with Gasteiger partial charge in [-0.05, 0) is 26.3 Å². The fourth-order valence-corrected chi connectivity index (χ4v) is 2.82. The summed E-state index contributed by atoms with van der Waals surface area (Å²) in [6.07, 6.45) is -4.63. The number of nitrogens with one attached hydrogen (secondary N) is 1. The minimum absolute atomic E-state index is 0.00731. The third-order valence-corrected chi connectivity index (χ3v) is 4.59. The molecule has 2 atom stereocenters. The van der Waals surface area contributed by atoms with E-state index in [1.807, 2.05) is 38.1 Å². The number of nitrogens with zero attached hydrogens (tertiary/aromatic N) is 1. The highest BCUT2D eigenvalue weighted by Crippen LogP contribution is 2.46. The minimum atomic E-state index is -4.63.